The Balaban J connectivity index is 1.36. The zero-order chi connectivity index (χ0) is 16.6. The molecule has 1 amide bonds. The lowest BCUT2D eigenvalue weighted by Gasteiger charge is -2.20. The number of hydrogen-bond acceptors (Lipinski definition) is 5. The van der Waals surface area contributed by atoms with Gasteiger partial charge in [0.15, 0.2) is 0 Å². The Labute approximate surface area is 142 Å². The highest BCUT2D eigenvalue weighted by atomic mass is 16.5. The molecular weight excluding hydrogens is 304 g/mol. The van der Waals surface area contributed by atoms with Crippen molar-refractivity contribution >= 4 is 11.9 Å². The van der Waals surface area contributed by atoms with Crippen molar-refractivity contribution in [2.75, 3.05) is 18.4 Å². The van der Waals surface area contributed by atoms with Gasteiger partial charge in [0.1, 0.15) is 0 Å². The second-order valence-corrected chi connectivity index (χ2v) is 6.27. The minimum atomic E-state index is 0.141. The first-order chi connectivity index (χ1) is 11.8. The van der Waals surface area contributed by atoms with Gasteiger partial charge in [-0.25, -0.2) is 0 Å². The molecule has 1 aromatic carbocycles. The van der Waals surface area contributed by atoms with Gasteiger partial charge in [0.25, 0.3) is 11.8 Å². The predicted octanol–water partition coefficient (Wildman–Crippen LogP) is 3.24. The number of nitrogens with zero attached hydrogens (tertiary/aromatic N) is 2. The molecule has 0 aliphatic heterocycles. The van der Waals surface area contributed by atoms with Gasteiger partial charge in [0, 0.05) is 25.1 Å². The third-order valence-corrected chi connectivity index (χ3v) is 4.38. The molecule has 6 nitrogen and oxygen atoms in total. The number of benzene rings is 1. The molecule has 0 radical (unpaired) electrons. The largest absolute Gasteiger partial charge is 0.354 e. The van der Waals surface area contributed by atoms with Gasteiger partial charge >= 0.3 is 0 Å². The van der Waals surface area contributed by atoms with Crippen LogP contribution in [0.5, 0.6) is 0 Å². The summed E-state index contributed by atoms with van der Waals surface area (Å²) >= 11 is 0. The summed E-state index contributed by atoms with van der Waals surface area (Å²) in [7, 11) is 0. The number of rotatable bonds is 7. The normalized spacial score (nSPS) is 15.2. The smallest absolute Gasteiger partial charge is 0.263 e. The van der Waals surface area contributed by atoms with E-state index < -0.39 is 0 Å². The van der Waals surface area contributed by atoms with Crippen molar-refractivity contribution in [2.24, 2.45) is 5.92 Å². The van der Waals surface area contributed by atoms with E-state index in [-0.39, 0.29) is 5.91 Å². The first kappa shape index (κ1) is 16.5. The zero-order valence-electron chi connectivity index (χ0n) is 13.8. The number of amides is 1. The molecule has 3 rings (SSSR count). The van der Waals surface area contributed by atoms with Crippen LogP contribution >= 0.6 is 0 Å². The number of aromatic nitrogens is 2. The van der Waals surface area contributed by atoms with E-state index in [0.29, 0.717) is 37.3 Å². The van der Waals surface area contributed by atoms with Crippen LogP contribution in [0.1, 0.15) is 38.5 Å². The monoisotopic (exact) mass is 328 g/mol. The Bertz CT molecular complexity index is 635. The van der Waals surface area contributed by atoms with Crippen molar-refractivity contribution in [2.45, 2.75) is 38.5 Å². The Morgan fingerprint density at radius 1 is 1.12 bits per heavy atom. The van der Waals surface area contributed by atoms with Crippen LogP contribution in [0.15, 0.2) is 34.9 Å². The van der Waals surface area contributed by atoms with E-state index in [1.165, 1.54) is 32.1 Å². The van der Waals surface area contributed by atoms with E-state index in [1.54, 1.807) is 0 Å². The number of hydrogen-bond donors (Lipinski definition) is 2. The molecule has 0 unspecified atom stereocenters. The number of carbonyl (C=O) groups excluding carboxylic acids is 1. The minimum absolute atomic E-state index is 0.141. The standard InChI is InChI=1S/C18H24N4O2/c23-16(13-14-7-3-1-4-8-14)19-11-12-20-18-21-17(24-22-18)15-9-5-2-6-10-15/h2,5-6,9-10,14H,1,3-4,7-8,11-13H2,(H,19,23)(H,20,22). The van der Waals surface area contributed by atoms with Gasteiger partial charge in [0.05, 0.1) is 0 Å². The number of carbonyl (C=O) groups is 1. The molecule has 1 heterocycles. The van der Waals surface area contributed by atoms with Gasteiger partial charge in [0.2, 0.25) is 5.91 Å². The molecule has 1 aliphatic rings. The van der Waals surface area contributed by atoms with E-state index in [2.05, 4.69) is 20.8 Å². The minimum Gasteiger partial charge on any atom is -0.354 e. The van der Waals surface area contributed by atoms with E-state index in [1.807, 2.05) is 30.3 Å². The van der Waals surface area contributed by atoms with Crippen LogP contribution < -0.4 is 10.6 Å². The fourth-order valence-corrected chi connectivity index (χ4v) is 3.10. The first-order valence-corrected chi connectivity index (χ1v) is 8.71. The van der Waals surface area contributed by atoms with E-state index in [9.17, 15) is 4.79 Å². The summed E-state index contributed by atoms with van der Waals surface area (Å²) in [5.41, 5.74) is 0.888. The van der Waals surface area contributed by atoms with Crippen LogP contribution in [0.3, 0.4) is 0 Å². The van der Waals surface area contributed by atoms with Crippen LogP contribution in [0, 0.1) is 5.92 Å². The van der Waals surface area contributed by atoms with Crippen molar-refractivity contribution in [3.05, 3.63) is 30.3 Å². The van der Waals surface area contributed by atoms with Crippen LogP contribution in [-0.2, 0) is 4.79 Å². The average Bonchev–Trinajstić information content (AvgIpc) is 3.09. The van der Waals surface area contributed by atoms with Crippen LogP contribution in [0.4, 0.5) is 5.95 Å². The second kappa shape index (κ2) is 8.47. The molecule has 2 N–H and O–H groups in total. The third-order valence-electron chi connectivity index (χ3n) is 4.38. The molecule has 2 aromatic rings. The molecule has 0 saturated heterocycles. The summed E-state index contributed by atoms with van der Waals surface area (Å²) in [6.07, 6.45) is 6.88. The van der Waals surface area contributed by atoms with Crippen molar-refractivity contribution < 1.29 is 9.32 Å². The maximum absolute atomic E-state index is 11.9. The summed E-state index contributed by atoms with van der Waals surface area (Å²) in [6.45, 7) is 1.13. The summed E-state index contributed by atoms with van der Waals surface area (Å²) in [4.78, 5) is 16.2. The van der Waals surface area contributed by atoms with Crippen molar-refractivity contribution in [3.8, 4) is 11.5 Å². The Hall–Kier alpha value is -2.37. The summed E-state index contributed by atoms with van der Waals surface area (Å²) in [5.74, 6) is 1.63. The number of anilines is 1. The highest BCUT2D eigenvalue weighted by Gasteiger charge is 2.16. The molecule has 0 bridgehead atoms. The van der Waals surface area contributed by atoms with Crippen molar-refractivity contribution in [1.29, 1.82) is 0 Å². The van der Waals surface area contributed by atoms with E-state index in [0.717, 1.165) is 5.56 Å². The maximum Gasteiger partial charge on any atom is 0.263 e. The van der Waals surface area contributed by atoms with Gasteiger partial charge in [-0.1, -0.05) is 37.5 Å². The summed E-state index contributed by atoms with van der Waals surface area (Å²) in [6, 6.07) is 9.63. The van der Waals surface area contributed by atoms with Crippen LogP contribution in [0.25, 0.3) is 11.5 Å². The van der Waals surface area contributed by atoms with Gasteiger partial charge < -0.3 is 15.2 Å². The van der Waals surface area contributed by atoms with Crippen LogP contribution in [-0.4, -0.2) is 29.1 Å². The molecule has 24 heavy (non-hydrogen) atoms. The molecule has 1 aromatic heterocycles. The first-order valence-electron chi connectivity index (χ1n) is 8.71. The molecule has 1 saturated carbocycles. The van der Waals surface area contributed by atoms with Crippen molar-refractivity contribution in [1.82, 2.24) is 15.5 Å². The van der Waals surface area contributed by atoms with E-state index in [4.69, 9.17) is 4.52 Å². The van der Waals surface area contributed by atoms with Gasteiger partial charge in [-0.2, -0.15) is 4.98 Å². The van der Waals surface area contributed by atoms with Gasteiger partial charge in [-0.05, 0) is 36.0 Å². The number of nitrogens with one attached hydrogen (secondary N) is 2. The van der Waals surface area contributed by atoms with Crippen molar-refractivity contribution in [3.63, 3.8) is 0 Å². The zero-order valence-corrected chi connectivity index (χ0v) is 13.8. The molecule has 6 heteroatoms. The fraction of sp³-hybridized carbons (Fsp3) is 0.500. The molecule has 1 fully saturated rings. The van der Waals surface area contributed by atoms with Gasteiger partial charge in [-0.3, -0.25) is 4.79 Å². The van der Waals surface area contributed by atoms with E-state index >= 15 is 0 Å². The summed E-state index contributed by atoms with van der Waals surface area (Å²) < 4.78 is 5.22. The topological polar surface area (TPSA) is 80.0 Å². The lowest BCUT2D eigenvalue weighted by atomic mass is 9.87. The molecule has 1 aliphatic carbocycles. The maximum atomic E-state index is 11.9. The van der Waals surface area contributed by atoms with Gasteiger partial charge in [-0.15, -0.1) is 0 Å². The average molecular weight is 328 g/mol. The molecule has 0 atom stereocenters. The SMILES string of the molecule is O=C(CC1CCCCC1)NCCNc1noc(-c2ccccc2)n1. The predicted molar refractivity (Wildman–Crippen MR) is 92.4 cm³/mol. The lowest BCUT2D eigenvalue weighted by molar-refractivity contribution is -0.122. The Morgan fingerprint density at radius 3 is 2.71 bits per heavy atom. The third kappa shape index (κ3) is 4.81. The molecule has 128 valence electrons. The van der Waals surface area contributed by atoms with Crippen LogP contribution in [0.2, 0.25) is 0 Å². The highest BCUT2D eigenvalue weighted by molar-refractivity contribution is 5.76. The molecule has 0 spiro atoms. The Kier molecular flexibility index (Phi) is 5.82. The summed E-state index contributed by atoms with van der Waals surface area (Å²) in [5, 5.41) is 9.91. The highest BCUT2D eigenvalue weighted by Crippen LogP contribution is 2.26. The lowest BCUT2D eigenvalue weighted by Crippen LogP contribution is -2.30. The second-order valence-electron chi connectivity index (χ2n) is 6.27. The quantitative estimate of drug-likeness (QED) is 0.763. The molecular formula is C18H24N4O2. The Morgan fingerprint density at radius 2 is 1.92 bits per heavy atom. The fourth-order valence-electron chi connectivity index (χ4n) is 3.10.